The molecule has 3 aromatic rings. The number of nitriles is 1. The molecule has 234 valence electrons. The van der Waals surface area contributed by atoms with E-state index >= 15 is 0 Å². The summed E-state index contributed by atoms with van der Waals surface area (Å²) in [6.45, 7) is 23.2. The Kier molecular flexibility index (Phi) is 22.7. The highest BCUT2D eigenvalue weighted by Crippen LogP contribution is 2.29. The number of allylic oxidation sites excluding steroid dienone is 2. The number of nitrogens with zero attached hydrogens (tertiary/aromatic N) is 2. The first kappa shape index (κ1) is 39.3. The van der Waals surface area contributed by atoms with Crippen LogP contribution in [-0.4, -0.2) is 11.5 Å². The summed E-state index contributed by atoms with van der Waals surface area (Å²) in [6, 6.07) is 20.2. The normalized spacial score (nSPS) is 9.56. The molecule has 0 atom stereocenters. The minimum Gasteiger partial charge on any atom is -0.369 e. The van der Waals surface area contributed by atoms with Crippen LogP contribution in [0.2, 0.25) is 0 Å². The third-order valence-electron chi connectivity index (χ3n) is 6.33. The van der Waals surface area contributed by atoms with E-state index in [0.29, 0.717) is 18.5 Å². The van der Waals surface area contributed by atoms with E-state index in [0.717, 1.165) is 40.2 Å². The van der Waals surface area contributed by atoms with E-state index < -0.39 is 0 Å². The quantitative estimate of drug-likeness (QED) is 0.170. The fourth-order valence-corrected chi connectivity index (χ4v) is 3.72. The molecule has 1 aromatic heterocycles. The zero-order valence-electron chi connectivity index (χ0n) is 28.0. The van der Waals surface area contributed by atoms with Gasteiger partial charge in [0, 0.05) is 17.7 Å². The summed E-state index contributed by atoms with van der Waals surface area (Å²) < 4.78 is 13.4. The number of anilines is 1. The summed E-state index contributed by atoms with van der Waals surface area (Å²) in [7, 11) is 0. The summed E-state index contributed by atoms with van der Waals surface area (Å²) in [5.41, 5.74) is 6.16. The largest absolute Gasteiger partial charge is 0.369 e. The van der Waals surface area contributed by atoms with Crippen molar-refractivity contribution in [1.82, 2.24) is 4.98 Å². The van der Waals surface area contributed by atoms with Crippen molar-refractivity contribution in [1.29, 1.82) is 5.26 Å². The Labute approximate surface area is 263 Å². The van der Waals surface area contributed by atoms with Crippen molar-refractivity contribution in [3.05, 3.63) is 102 Å². The molecule has 1 N–H and O–H groups in total. The maximum Gasteiger partial charge on any atom is 0.134 e. The molecule has 1 heterocycles. The Morgan fingerprint density at radius 1 is 0.837 bits per heavy atom. The molecule has 0 radical (unpaired) electrons. The van der Waals surface area contributed by atoms with Gasteiger partial charge in [0.05, 0.1) is 17.3 Å². The summed E-state index contributed by atoms with van der Waals surface area (Å²) in [5, 5.41) is 12.7. The molecule has 43 heavy (non-hydrogen) atoms. The number of hydrogen-bond acceptors (Lipinski definition) is 3. The summed E-state index contributed by atoms with van der Waals surface area (Å²) in [4.78, 5) is 4.77. The van der Waals surface area contributed by atoms with Gasteiger partial charge in [-0.3, -0.25) is 0 Å². The Morgan fingerprint density at radius 3 is 2.00 bits per heavy atom. The molecule has 0 amide bonds. The van der Waals surface area contributed by atoms with Crippen molar-refractivity contribution in [2.75, 3.05) is 11.9 Å². The second-order valence-electron chi connectivity index (χ2n) is 10.8. The fraction of sp³-hybridized carbons (Fsp3) is 0.436. The van der Waals surface area contributed by atoms with Crippen LogP contribution in [0.25, 0.3) is 16.8 Å². The number of hydrogen-bond donors (Lipinski definition) is 1. The van der Waals surface area contributed by atoms with Gasteiger partial charge in [-0.05, 0) is 68.2 Å². The van der Waals surface area contributed by atoms with Crippen LogP contribution in [0, 0.1) is 17.1 Å². The molecule has 0 aliphatic carbocycles. The molecule has 0 aliphatic rings. The van der Waals surface area contributed by atoms with E-state index in [2.05, 4.69) is 59.2 Å². The monoisotopic (exact) mass is 585 g/mol. The molecule has 0 saturated heterocycles. The Hall–Kier alpha value is -3.71. The van der Waals surface area contributed by atoms with Crippen molar-refractivity contribution < 1.29 is 4.39 Å². The van der Waals surface area contributed by atoms with Crippen LogP contribution in [0.4, 0.5) is 10.2 Å². The van der Waals surface area contributed by atoms with Gasteiger partial charge in [-0.2, -0.15) is 5.26 Å². The lowest BCUT2D eigenvalue weighted by atomic mass is 10.0. The van der Waals surface area contributed by atoms with Crippen LogP contribution in [0.3, 0.4) is 0 Å². The molecule has 3 rings (SSSR count). The summed E-state index contributed by atoms with van der Waals surface area (Å²) in [6.07, 6.45) is 11.1. The van der Waals surface area contributed by atoms with E-state index in [1.54, 1.807) is 18.2 Å². The minimum absolute atomic E-state index is 0.231. The predicted octanol–water partition coefficient (Wildman–Crippen LogP) is 12.2. The third kappa shape index (κ3) is 17.8. The lowest BCUT2D eigenvalue weighted by Crippen LogP contribution is -2.09. The zero-order chi connectivity index (χ0) is 32.5. The van der Waals surface area contributed by atoms with Crippen LogP contribution >= 0.6 is 0 Å². The maximum atomic E-state index is 13.4. The molecule has 4 heteroatoms. The van der Waals surface area contributed by atoms with Crippen LogP contribution in [-0.2, 0) is 6.42 Å². The van der Waals surface area contributed by atoms with E-state index in [1.807, 2.05) is 50.2 Å². The summed E-state index contributed by atoms with van der Waals surface area (Å²) in [5.74, 6) is 0.499. The summed E-state index contributed by atoms with van der Waals surface area (Å²) >= 11 is 0. The van der Waals surface area contributed by atoms with Gasteiger partial charge in [-0.15, -0.1) is 6.58 Å². The SMILES string of the molecule is C=C(C)C.C=C(CC)c1ccc(-c2ccccc2C#N)nc1NCCc1cccc(F)c1.CCCC.CCCCCCC. The number of aromatic nitrogens is 1. The lowest BCUT2D eigenvalue weighted by Gasteiger charge is -2.14. The van der Waals surface area contributed by atoms with Crippen molar-refractivity contribution in [3.8, 4) is 17.3 Å². The average Bonchev–Trinajstić information content (AvgIpc) is 3.01. The van der Waals surface area contributed by atoms with Gasteiger partial charge >= 0.3 is 0 Å². The molecule has 0 spiro atoms. The van der Waals surface area contributed by atoms with Gasteiger partial charge in [-0.1, -0.05) is 122 Å². The molecule has 3 nitrogen and oxygen atoms in total. The average molecular weight is 586 g/mol. The lowest BCUT2D eigenvalue weighted by molar-refractivity contribution is 0.625. The van der Waals surface area contributed by atoms with Gasteiger partial charge in [0.15, 0.2) is 0 Å². The van der Waals surface area contributed by atoms with E-state index in [-0.39, 0.29) is 5.82 Å². The zero-order valence-corrected chi connectivity index (χ0v) is 28.0. The first-order valence-electron chi connectivity index (χ1n) is 16.0. The van der Waals surface area contributed by atoms with Crippen LogP contribution in [0.5, 0.6) is 0 Å². The van der Waals surface area contributed by atoms with Gasteiger partial charge in [0.25, 0.3) is 0 Å². The third-order valence-corrected chi connectivity index (χ3v) is 6.33. The molecule has 0 fully saturated rings. The topological polar surface area (TPSA) is 48.7 Å². The fourth-order valence-electron chi connectivity index (χ4n) is 3.72. The van der Waals surface area contributed by atoms with Crippen molar-refractivity contribution in [2.45, 2.75) is 106 Å². The van der Waals surface area contributed by atoms with Crippen LogP contribution in [0.15, 0.2) is 79.4 Å². The molecule has 0 unspecified atom stereocenters. The van der Waals surface area contributed by atoms with E-state index in [4.69, 9.17) is 4.98 Å². The molecule has 0 saturated carbocycles. The molecular formula is C39H56FN3. The second-order valence-corrected chi connectivity index (χ2v) is 10.8. The van der Waals surface area contributed by atoms with Crippen LogP contribution in [0.1, 0.15) is 117 Å². The van der Waals surface area contributed by atoms with Crippen molar-refractivity contribution in [3.63, 3.8) is 0 Å². The van der Waals surface area contributed by atoms with E-state index in [9.17, 15) is 9.65 Å². The Balaban J connectivity index is 0.000000975. The Morgan fingerprint density at radius 2 is 1.47 bits per heavy atom. The molecule has 0 aliphatic heterocycles. The number of unbranched alkanes of at least 4 members (excludes halogenated alkanes) is 5. The number of halogens is 1. The Bertz CT molecular complexity index is 1230. The van der Waals surface area contributed by atoms with Crippen LogP contribution < -0.4 is 5.32 Å². The number of benzene rings is 2. The maximum absolute atomic E-state index is 13.4. The van der Waals surface area contributed by atoms with E-state index in [1.165, 1.54) is 56.6 Å². The molecule has 0 bridgehead atoms. The minimum atomic E-state index is -0.231. The number of rotatable bonds is 12. The number of nitrogens with one attached hydrogen (secondary N) is 1. The number of pyridine rings is 1. The van der Waals surface area contributed by atoms with Crippen molar-refractivity contribution >= 4 is 11.4 Å². The smallest absolute Gasteiger partial charge is 0.134 e. The first-order valence-corrected chi connectivity index (χ1v) is 16.0. The molecular weight excluding hydrogens is 529 g/mol. The highest BCUT2D eigenvalue weighted by Gasteiger charge is 2.11. The second kappa shape index (κ2) is 24.8. The van der Waals surface area contributed by atoms with Gasteiger partial charge in [0.2, 0.25) is 0 Å². The molecule has 2 aromatic carbocycles. The van der Waals surface area contributed by atoms with Gasteiger partial charge in [-0.25, -0.2) is 9.37 Å². The van der Waals surface area contributed by atoms with Gasteiger partial charge < -0.3 is 5.32 Å². The predicted molar refractivity (Wildman–Crippen MR) is 188 cm³/mol. The first-order chi connectivity index (χ1) is 20.7. The standard InChI is InChI=1S/C24H22FN3.C7H16.C4H8.C4H10/c1-3-17(2)21-11-12-23(22-10-5-4-8-19(22)16-26)28-24(21)27-14-13-18-7-6-9-20(25)15-18;1-3-5-7-6-4-2;1-4(2)3;1-3-4-2/h4-12,15H,2-3,13-14H2,1H3,(H,27,28);3-7H2,1-2H3;1H2,2-3H3;3-4H2,1-2H3. The van der Waals surface area contributed by atoms with Gasteiger partial charge in [0.1, 0.15) is 11.6 Å². The highest BCUT2D eigenvalue weighted by molar-refractivity contribution is 5.76. The highest BCUT2D eigenvalue weighted by atomic mass is 19.1. The van der Waals surface area contributed by atoms with Crippen molar-refractivity contribution in [2.24, 2.45) is 0 Å².